The van der Waals surface area contributed by atoms with Gasteiger partial charge in [-0.1, -0.05) is 6.08 Å². The fourth-order valence-corrected chi connectivity index (χ4v) is 4.02. The Bertz CT molecular complexity index is 849. The predicted octanol–water partition coefficient (Wildman–Crippen LogP) is 3.86. The van der Waals surface area contributed by atoms with Gasteiger partial charge in [-0.25, -0.2) is 4.98 Å². The molecular weight excluding hydrogens is 367 g/mol. The van der Waals surface area contributed by atoms with Crippen molar-refractivity contribution in [3.63, 3.8) is 0 Å². The van der Waals surface area contributed by atoms with Crippen LogP contribution < -0.4 is 10.6 Å². The molecule has 0 spiro atoms. The highest BCUT2D eigenvalue weighted by Crippen LogP contribution is 2.39. The van der Waals surface area contributed by atoms with Crippen molar-refractivity contribution in [3.8, 4) is 0 Å². The lowest BCUT2D eigenvalue weighted by molar-refractivity contribution is -0.137. The van der Waals surface area contributed by atoms with E-state index in [0.29, 0.717) is 24.1 Å². The first kappa shape index (κ1) is 19.3. The maximum absolute atomic E-state index is 13.6. The molecule has 28 heavy (non-hydrogen) atoms. The van der Waals surface area contributed by atoms with Crippen LogP contribution in [0.1, 0.15) is 36.9 Å². The monoisotopic (exact) mass is 393 g/mol. The van der Waals surface area contributed by atoms with Crippen molar-refractivity contribution in [1.82, 2.24) is 20.2 Å². The summed E-state index contributed by atoms with van der Waals surface area (Å²) < 4.78 is 40.7. The van der Waals surface area contributed by atoms with E-state index in [0.717, 1.165) is 56.5 Å². The summed E-state index contributed by atoms with van der Waals surface area (Å²) in [6, 6.07) is 1.79. The number of aromatic nitrogens is 2. The summed E-state index contributed by atoms with van der Waals surface area (Å²) in [5, 5.41) is 6.85. The van der Waals surface area contributed by atoms with Crippen LogP contribution in [0.4, 0.5) is 18.9 Å². The molecule has 0 unspecified atom stereocenters. The number of likely N-dealkylation sites (tertiary alicyclic amines) is 1. The first-order chi connectivity index (χ1) is 13.5. The lowest BCUT2D eigenvalue weighted by atomic mass is 10.1. The number of hydrogen-bond donors (Lipinski definition) is 3. The van der Waals surface area contributed by atoms with Crippen molar-refractivity contribution in [2.75, 3.05) is 44.6 Å². The smallest absolute Gasteiger partial charge is 0.384 e. The number of nitrogens with zero attached hydrogens (tertiary/aromatic N) is 2. The fraction of sp³-hybridized carbons (Fsp3) is 0.550. The van der Waals surface area contributed by atoms with Crippen LogP contribution in [-0.4, -0.2) is 54.1 Å². The fourth-order valence-electron chi connectivity index (χ4n) is 4.02. The van der Waals surface area contributed by atoms with Gasteiger partial charge in [0.05, 0.1) is 11.3 Å². The second-order valence-corrected chi connectivity index (χ2v) is 7.51. The molecule has 0 bridgehead atoms. The van der Waals surface area contributed by atoms with Crippen LogP contribution in [0.3, 0.4) is 0 Å². The molecule has 4 heterocycles. The molecule has 2 aliphatic rings. The summed E-state index contributed by atoms with van der Waals surface area (Å²) in [5.41, 5.74) is 1.80. The molecule has 1 saturated heterocycles. The molecular formula is C20H26F3N5. The highest BCUT2D eigenvalue weighted by Gasteiger charge is 2.35. The number of aromatic amines is 1. The molecule has 0 radical (unpaired) electrons. The number of anilines is 1. The predicted molar refractivity (Wildman–Crippen MR) is 105 cm³/mol. The van der Waals surface area contributed by atoms with Gasteiger partial charge < -0.3 is 20.5 Å². The zero-order chi connectivity index (χ0) is 19.6. The summed E-state index contributed by atoms with van der Waals surface area (Å²) in [5.74, 6) is 0. The molecule has 5 nitrogen and oxygen atoms in total. The van der Waals surface area contributed by atoms with Gasteiger partial charge in [0.25, 0.3) is 0 Å². The van der Waals surface area contributed by atoms with Gasteiger partial charge in [0.1, 0.15) is 5.65 Å². The minimum absolute atomic E-state index is 0.130. The van der Waals surface area contributed by atoms with Crippen molar-refractivity contribution in [2.24, 2.45) is 0 Å². The highest BCUT2D eigenvalue weighted by molar-refractivity contribution is 5.94. The first-order valence-electron chi connectivity index (χ1n) is 9.97. The molecule has 0 aliphatic carbocycles. The maximum atomic E-state index is 13.6. The Balaban J connectivity index is 1.58. The highest BCUT2D eigenvalue weighted by atomic mass is 19.4. The van der Waals surface area contributed by atoms with E-state index >= 15 is 0 Å². The standard InChI is InChI=1S/C20H26F3N5/c21-20(22,23)16-13-26-19-15(11-17(27-19)14-5-3-6-24-12-14)18(16)25-7-4-10-28-8-1-2-9-28/h5,11,13,24H,1-4,6-10,12H2,(H2,25,26,27). The van der Waals surface area contributed by atoms with Gasteiger partial charge in [0, 0.05) is 30.4 Å². The molecule has 152 valence electrons. The Morgan fingerprint density at radius 3 is 2.75 bits per heavy atom. The van der Waals surface area contributed by atoms with Gasteiger partial charge in [0.15, 0.2) is 0 Å². The first-order valence-corrected chi connectivity index (χ1v) is 9.97. The number of pyridine rings is 1. The number of nitrogens with one attached hydrogen (secondary N) is 3. The number of halogens is 3. The zero-order valence-corrected chi connectivity index (χ0v) is 15.8. The number of alkyl halides is 3. The van der Waals surface area contributed by atoms with Crippen LogP contribution in [0.15, 0.2) is 18.3 Å². The second-order valence-electron chi connectivity index (χ2n) is 7.51. The van der Waals surface area contributed by atoms with Crippen LogP contribution in [0, 0.1) is 0 Å². The molecule has 2 aromatic rings. The number of H-pyrrole nitrogens is 1. The van der Waals surface area contributed by atoms with E-state index in [1.165, 1.54) is 12.8 Å². The van der Waals surface area contributed by atoms with Gasteiger partial charge in [-0.15, -0.1) is 0 Å². The van der Waals surface area contributed by atoms with Crippen molar-refractivity contribution >= 4 is 22.3 Å². The molecule has 8 heteroatoms. The third kappa shape index (κ3) is 4.17. The zero-order valence-electron chi connectivity index (χ0n) is 15.8. The van der Waals surface area contributed by atoms with Crippen LogP contribution in [-0.2, 0) is 6.18 Å². The minimum Gasteiger partial charge on any atom is -0.384 e. The second kappa shape index (κ2) is 8.13. The Labute approximate surface area is 162 Å². The van der Waals surface area contributed by atoms with Crippen LogP contribution >= 0.6 is 0 Å². The van der Waals surface area contributed by atoms with Crippen LogP contribution in [0.25, 0.3) is 16.6 Å². The Kier molecular flexibility index (Phi) is 5.59. The SMILES string of the molecule is FC(F)(F)c1cnc2[nH]c(C3=CCCNC3)cc2c1NCCCN1CCCC1. The average molecular weight is 393 g/mol. The van der Waals surface area contributed by atoms with Gasteiger partial charge in [-0.3, -0.25) is 0 Å². The largest absolute Gasteiger partial charge is 0.419 e. The minimum atomic E-state index is -4.44. The molecule has 4 rings (SSSR count). The Hall–Kier alpha value is -2.06. The van der Waals surface area contributed by atoms with E-state index in [1.54, 1.807) is 6.07 Å². The molecule has 0 atom stereocenters. The molecule has 0 saturated carbocycles. The normalized spacial score (nSPS) is 18.6. The lowest BCUT2D eigenvalue weighted by Crippen LogP contribution is -2.22. The van der Waals surface area contributed by atoms with Gasteiger partial charge in [0.2, 0.25) is 0 Å². The molecule has 2 aliphatic heterocycles. The third-order valence-electron chi connectivity index (χ3n) is 5.49. The summed E-state index contributed by atoms with van der Waals surface area (Å²) in [6.45, 7) is 5.24. The molecule has 2 aromatic heterocycles. The van der Waals surface area contributed by atoms with E-state index in [2.05, 4.69) is 31.6 Å². The topological polar surface area (TPSA) is 56.0 Å². The summed E-state index contributed by atoms with van der Waals surface area (Å²) >= 11 is 0. The molecule has 3 N–H and O–H groups in total. The summed E-state index contributed by atoms with van der Waals surface area (Å²) in [7, 11) is 0. The third-order valence-corrected chi connectivity index (χ3v) is 5.49. The molecule has 0 aromatic carbocycles. The number of hydrogen-bond acceptors (Lipinski definition) is 4. The molecule has 1 fully saturated rings. The van der Waals surface area contributed by atoms with Crippen molar-refractivity contribution < 1.29 is 13.2 Å². The van der Waals surface area contributed by atoms with Crippen molar-refractivity contribution in [3.05, 3.63) is 29.6 Å². The van der Waals surface area contributed by atoms with E-state index < -0.39 is 11.7 Å². The van der Waals surface area contributed by atoms with Crippen LogP contribution in [0.2, 0.25) is 0 Å². The van der Waals surface area contributed by atoms with E-state index in [-0.39, 0.29) is 5.69 Å². The van der Waals surface area contributed by atoms with Crippen molar-refractivity contribution in [1.29, 1.82) is 0 Å². The summed E-state index contributed by atoms with van der Waals surface area (Å²) in [6.07, 6.45) is 2.76. The molecule has 0 amide bonds. The van der Waals surface area contributed by atoms with Gasteiger partial charge >= 0.3 is 6.18 Å². The Morgan fingerprint density at radius 1 is 1.21 bits per heavy atom. The van der Waals surface area contributed by atoms with Gasteiger partial charge in [-0.2, -0.15) is 13.2 Å². The lowest BCUT2D eigenvalue weighted by Gasteiger charge is -2.17. The van der Waals surface area contributed by atoms with Crippen molar-refractivity contribution in [2.45, 2.75) is 31.9 Å². The Morgan fingerprint density at radius 2 is 2.04 bits per heavy atom. The average Bonchev–Trinajstić information content (AvgIpc) is 3.34. The quantitative estimate of drug-likeness (QED) is 0.653. The van der Waals surface area contributed by atoms with E-state index in [9.17, 15) is 13.2 Å². The summed E-state index contributed by atoms with van der Waals surface area (Å²) in [4.78, 5) is 9.59. The van der Waals surface area contributed by atoms with E-state index in [4.69, 9.17) is 0 Å². The maximum Gasteiger partial charge on any atom is 0.419 e. The van der Waals surface area contributed by atoms with Gasteiger partial charge in [-0.05, 0) is 63.5 Å². The van der Waals surface area contributed by atoms with Crippen LogP contribution in [0.5, 0.6) is 0 Å². The number of rotatable bonds is 6. The van der Waals surface area contributed by atoms with E-state index in [1.807, 2.05) is 0 Å². The number of fused-ring (bicyclic) bond motifs is 1.